The monoisotopic (exact) mass is 410 g/mol. The van der Waals surface area contributed by atoms with E-state index in [0.717, 1.165) is 10.5 Å². The Morgan fingerprint density at radius 2 is 0.950 bits per heavy atom. The molecule has 0 aliphatic rings. The molecule has 0 amide bonds. The van der Waals surface area contributed by atoms with E-state index in [-0.39, 0.29) is 11.9 Å². The summed E-state index contributed by atoms with van der Waals surface area (Å²) in [6, 6.07) is 0. The molecule has 0 N–H and O–H groups in total. The third-order valence-electron chi connectivity index (χ3n) is 3.24. The zero-order valence-electron chi connectivity index (χ0n) is 13.9. The molecule has 0 heterocycles. The van der Waals surface area contributed by atoms with Crippen LogP contribution in [0.3, 0.4) is 0 Å². The van der Waals surface area contributed by atoms with Gasteiger partial charge in [-0.2, -0.15) is 0 Å². The molecule has 2 radical (unpaired) electrons. The van der Waals surface area contributed by atoms with Crippen molar-refractivity contribution in [3.8, 4) is 0 Å². The van der Waals surface area contributed by atoms with E-state index in [2.05, 4.69) is 37.2 Å². The van der Waals surface area contributed by atoms with Gasteiger partial charge >= 0.3 is 133 Å². The molecule has 0 aromatic rings. The summed E-state index contributed by atoms with van der Waals surface area (Å²) in [6.07, 6.45) is 0. The molecule has 0 fully saturated rings. The molecule has 0 aromatic heterocycles. The van der Waals surface area contributed by atoms with Crippen molar-refractivity contribution < 1.29 is 19.1 Å². The Kier molecular flexibility index (Phi) is 17.2. The molecule has 0 aromatic carbocycles. The Morgan fingerprint density at radius 3 is 1.10 bits per heavy atom. The molecule has 0 bridgehead atoms. The number of hydrogen-bond acceptors (Lipinski definition) is 4. The normalized spacial score (nSPS) is 10.0. The Bertz CT molecular complexity index is 226. The topological polar surface area (TPSA) is 52.6 Å². The van der Waals surface area contributed by atoms with Gasteiger partial charge in [0.15, 0.2) is 0 Å². The van der Waals surface area contributed by atoms with Gasteiger partial charge in [-0.05, 0) is 0 Å². The summed E-state index contributed by atoms with van der Waals surface area (Å²) in [4.78, 5) is 21.5. The predicted octanol–water partition coefficient (Wildman–Crippen LogP) is 3.39. The van der Waals surface area contributed by atoms with Crippen molar-refractivity contribution in [1.29, 1.82) is 0 Å². The van der Waals surface area contributed by atoms with Crippen LogP contribution in [-0.2, 0) is 19.1 Å². The second-order valence-electron chi connectivity index (χ2n) is 4.42. The quantitative estimate of drug-likeness (QED) is 0.457. The summed E-state index contributed by atoms with van der Waals surface area (Å²) in [7, 11) is 2.92. The molecule has 0 aliphatic heterocycles. The van der Waals surface area contributed by atoms with Crippen molar-refractivity contribution in [3.05, 3.63) is 0 Å². The maximum atomic E-state index is 10.8. The van der Waals surface area contributed by atoms with Crippen LogP contribution in [0.1, 0.15) is 27.7 Å². The summed E-state index contributed by atoms with van der Waals surface area (Å²) in [5, 5.41) is 6.39. The standard InChI is InChI=1S/2C7H15GeO2/c2*1-4-8(5-2)6-7(9)10-3/h2*4-6H2,1-3H3. The molecule has 0 unspecified atom stereocenters. The number of rotatable bonds is 8. The van der Waals surface area contributed by atoms with Crippen LogP contribution in [-0.4, -0.2) is 54.9 Å². The van der Waals surface area contributed by atoms with Gasteiger partial charge in [0.2, 0.25) is 0 Å². The van der Waals surface area contributed by atoms with Gasteiger partial charge in [0.05, 0.1) is 0 Å². The summed E-state index contributed by atoms with van der Waals surface area (Å²) in [5.41, 5.74) is 0. The van der Waals surface area contributed by atoms with Crippen LogP contribution in [0.4, 0.5) is 0 Å². The number of esters is 2. The Balaban J connectivity index is 0. The molecule has 118 valence electrons. The number of carbonyl (C=O) groups is 2. The van der Waals surface area contributed by atoms with Gasteiger partial charge in [-0.3, -0.25) is 0 Å². The van der Waals surface area contributed by atoms with Gasteiger partial charge < -0.3 is 0 Å². The molecule has 0 rings (SSSR count). The Hall–Kier alpha value is 0.0257. The van der Waals surface area contributed by atoms with E-state index in [4.69, 9.17) is 0 Å². The average molecular weight is 408 g/mol. The van der Waals surface area contributed by atoms with Crippen molar-refractivity contribution in [2.75, 3.05) is 14.2 Å². The first-order valence-corrected chi connectivity index (χ1v) is 16.2. The van der Waals surface area contributed by atoms with Crippen LogP contribution in [0.5, 0.6) is 0 Å². The molecule has 0 saturated heterocycles. The van der Waals surface area contributed by atoms with E-state index >= 15 is 0 Å². The molecular formula is C14H30Ge2O4. The number of hydrogen-bond donors (Lipinski definition) is 0. The molecule has 20 heavy (non-hydrogen) atoms. The molecule has 6 heteroatoms. The zero-order valence-corrected chi connectivity index (χ0v) is 18.1. The maximum absolute atomic E-state index is 10.8. The van der Waals surface area contributed by atoms with Crippen molar-refractivity contribution >= 4 is 40.6 Å². The summed E-state index contributed by atoms with van der Waals surface area (Å²) >= 11 is -1.98. The van der Waals surface area contributed by atoms with Crippen LogP contribution < -0.4 is 0 Å². The van der Waals surface area contributed by atoms with E-state index in [1.165, 1.54) is 35.2 Å². The van der Waals surface area contributed by atoms with E-state index in [1.807, 2.05) is 0 Å². The van der Waals surface area contributed by atoms with Gasteiger partial charge in [-0.1, -0.05) is 0 Å². The molecular weight excluding hydrogens is 377 g/mol. The first-order valence-electron chi connectivity index (χ1n) is 7.29. The second kappa shape index (κ2) is 15.4. The van der Waals surface area contributed by atoms with Crippen LogP contribution in [0.25, 0.3) is 0 Å². The number of carbonyl (C=O) groups excluding carboxylic acids is 2. The van der Waals surface area contributed by atoms with Crippen molar-refractivity contribution in [2.24, 2.45) is 0 Å². The minimum absolute atomic E-state index is 0.0151. The van der Waals surface area contributed by atoms with Gasteiger partial charge in [0.1, 0.15) is 0 Å². The van der Waals surface area contributed by atoms with Crippen LogP contribution in [0.15, 0.2) is 0 Å². The van der Waals surface area contributed by atoms with E-state index in [1.54, 1.807) is 0 Å². The van der Waals surface area contributed by atoms with Crippen LogP contribution in [0, 0.1) is 0 Å². The fourth-order valence-electron chi connectivity index (χ4n) is 1.55. The molecule has 0 aliphatic carbocycles. The van der Waals surface area contributed by atoms with Crippen LogP contribution in [0.2, 0.25) is 31.5 Å². The second-order valence-corrected chi connectivity index (χ2v) is 18.1. The molecule has 0 saturated carbocycles. The van der Waals surface area contributed by atoms with E-state index in [0.29, 0.717) is 0 Å². The fourth-order valence-corrected chi connectivity index (χ4v) is 8.07. The number of ether oxygens (including phenoxy) is 2. The zero-order chi connectivity index (χ0) is 16.0. The predicted molar refractivity (Wildman–Crippen MR) is 87.1 cm³/mol. The first-order chi connectivity index (χ1) is 9.48. The van der Waals surface area contributed by atoms with Crippen molar-refractivity contribution in [1.82, 2.24) is 0 Å². The fraction of sp³-hybridized carbons (Fsp3) is 0.857. The van der Waals surface area contributed by atoms with Gasteiger partial charge in [-0.15, -0.1) is 0 Å². The van der Waals surface area contributed by atoms with Gasteiger partial charge in [0.25, 0.3) is 0 Å². The average Bonchev–Trinajstić information content (AvgIpc) is 2.50. The van der Waals surface area contributed by atoms with Gasteiger partial charge in [0, 0.05) is 0 Å². The summed E-state index contributed by atoms with van der Waals surface area (Å²) < 4.78 is 9.17. The molecule has 4 nitrogen and oxygen atoms in total. The Labute approximate surface area is 133 Å². The Morgan fingerprint density at radius 1 is 0.700 bits per heavy atom. The van der Waals surface area contributed by atoms with E-state index < -0.39 is 28.7 Å². The third kappa shape index (κ3) is 13.0. The molecule has 0 atom stereocenters. The summed E-state index contributed by atoms with van der Waals surface area (Å²) in [5.74, 6) is -0.0302. The van der Waals surface area contributed by atoms with Crippen molar-refractivity contribution in [2.45, 2.75) is 59.2 Å². The van der Waals surface area contributed by atoms with Gasteiger partial charge in [-0.25, -0.2) is 0 Å². The van der Waals surface area contributed by atoms with E-state index in [9.17, 15) is 9.59 Å². The summed E-state index contributed by atoms with van der Waals surface area (Å²) in [6.45, 7) is 8.67. The molecule has 0 spiro atoms. The van der Waals surface area contributed by atoms with Crippen molar-refractivity contribution in [3.63, 3.8) is 0 Å². The first kappa shape index (κ1) is 22.3. The SMILES string of the molecule is C[CH2][Ge]([CH2]C)[CH2]C(=O)OC.C[CH2][Ge]([CH2]C)[CH2]C(=O)OC. The number of methoxy groups -OCH3 is 2. The van der Waals surface area contributed by atoms with Crippen LogP contribution >= 0.6 is 0 Å². The third-order valence-corrected chi connectivity index (χ3v) is 14.9. The minimum atomic E-state index is -0.992.